The summed E-state index contributed by atoms with van der Waals surface area (Å²) in [7, 11) is 2.14. The van der Waals surface area contributed by atoms with E-state index in [0.717, 1.165) is 17.9 Å². The maximum atomic E-state index is 3.55. The van der Waals surface area contributed by atoms with Gasteiger partial charge in [-0.25, -0.2) is 0 Å². The second-order valence-corrected chi connectivity index (χ2v) is 7.23. The van der Waals surface area contributed by atoms with Gasteiger partial charge < -0.3 is 5.32 Å². The van der Waals surface area contributed by atoms with Crippen LogP contribution in [0.4, 0.5) is 0 Å². The Morgan fingerprint density at radius 2 is 1.71 bits per heavy atom. The minimum atomic E-state index is 0.446. The molecule has 0 aromatic heterocycles. The summed E-state index contributed by atoms with van der Waals surface area (Å²) >= 11 is 0. The molecule has 102 valence electrons. The standard InChI is InChI=1S/C16H33N/c1-13(16(2,3)4)11-15(17-5)12-14-9-7-6-8-10-14/h13-15,17H,6-12H2,1-5H3. The summed E-state index contributed by atoms with van der Waals surface area (Å²) in [5, 5.41) is 3.55. The molecule has 2 unspecified atom stereocenters. The van der Waals surface area contributed by atoms with Crippen LogP contribution in [0.1, 0.15) is 72.6 Å². The third-order valence-electron chi connectivity index (χ3n) is 4.87. The lowest BCUT2D eigenvalue weighted by Gasteiger charge is -2.33. The van der Waals surface area contributed by atoms with Crippen LogP contribution in [0.5, 0.6) is 0 Å². The molecular formula is C16H33N. The zero-order valence-electron chi connectivity index (χ0n) is 12.7. The molecule has 1 aliphatic carbocycles. The van der Waals surface area contributed by atoms with Crippen molar-refractivity contribution in [3.63, 3.8) is 0 Å². The number of nitrogens with one attached hydrogen (secondary N) is 1. The largest absolute Gasteiger partial charge is 0.317 e. The molecule has 0 aromatic carbocycles. The van der Waals surface area contributed by atoms with Crippen LogP contribution in [-0.4, -0.2) is 13.1 Å². The van der Waals surface area contributed by atoms with Gasteiger partial charge in [0.1, 0.15) is 0 Å². The highest BCUT2D eigenvalue weighted by Gasteiger charge is 2.25. The first-order valence-corrected chi connectivity index (χ1v) is 7.60. The Morgan fingerprint density at radius 3 is 2.18 bits per heavy atom. The molecule has 17 heavy (non-hydrogen) atoms. The van der Waals surface area contributed by atoms with Crippen LogP contribution >= 0.6 is 0 Å². The zero-order chi connectivity index (χ0) is 12.9. The van der Waals surface area contributed by atoms with Gasteiger partial charge in [0.25, 0.3) is 0 Å². The lowest BCUT2D eigenvalue weighted by Crippen LogP contribution is -2.33. The third kappa shape index (κ3) is 5.42. The molecule has 0 bridgehead atoms. The fourth-order valence-corrected chi connectivity index (χ4v) is 2.94. The molecule has 0 saturated heterocycles. The van der Waals surface area contributed by atoms with E-state index in [4.69, 9.17) is 0 Å². The van der Waals surface area contributed by atoms with Gasteiger partial charge in [-0.2, -0.15) is 0 Å². The maximum absolute atomic E-state index is 3.55. The molecule has 1 rings (SSSR count). The van der Waals surface area contributed by atoms with Crippen molar-refractivity contribution in [3.8, 4) is 0 Å². The van der Waals surface area contributed by atoms with Crippen LogP contribution in [-0.2, 0) is 0 Å². The van der Waals surface area contributed by atoms with Crippen molar-refractivity contribution in [1.82, 2.24) is 5.32 Å². The van der Waals surface area contributed by atoms with E-state index in [1.807, 2.05) is 0 Å². The molecule has 0 radical (unpaired) electrons. The highest BCUT2D eigenvalue weighted by atomic mass is 14.9. The summed E-state index contributed by atoms with van der Waals surface area (Å²) in [5.74, 6) is 1.79. The fourth-order valence-electron chi connectivity index (χ4n) is 2.94. The minimum absolute atomic E-state index is 0.446. The van der Waals surface area contributed by atoms with Crippen molar-refractivity contribution in [2.75, 3.05) is 7.05 Å². The summed E-state index contributed by atoms with van der Waals surface area (Å²) in [5.41, 5.74) is 0.446. The second-order valence-electron chi connectivity index (χ2n) is 7.23. The quantitative estimate of drug-likeness (QED) is 0.738. The van der Waals surface area contributed by atoms with Crippen molar-refractivity contribution < 1.29 is 0 Å². The Balaban J connectivity index is 2.37. The predicted octanol–water partition coefficient (Wildman–Crippen LogP) is 4.62. The highest BCUT2D eigenvalue weighted by molar-refractivity contribution is 4.79. The van der Waals surface area contributed by atoms with Crippen molar-refractivity contribution in [1.29, 1.82) is 0 Å². The molecular weight excluding hydrogens is 206 g/mol. The van der Waals surface area contributed by atoms with Gasteiger partial charge in [-0.1, -0.05) is 59.8 Å². The summed E-state index contributed by atoms with van der Waals surface area (Å²) in [6.45, 7) is 9.51. The van der Waals surface area contributed by atoms with Crippen LogP contribution in [0.3, 0.4) is 0 Å². The molecule has 1 nitrogen and oxygen atoms in total. The lowest BCUT2D eigenvalue weighted by molar-refractivity contribution is 0.205. The van der Waals surface area contributed by atoms with Crippen molar-refractivity contribution >= 4 is 0 Å². The van der Waals surface area contributed by atoms with E-state index in [9.17, 15) is 0 Å². The Kier molecular flexibility index (Phi) is 5.99. The number of hydrogen-bond donors (Lipinski definition) is 1. The van der Waals surface area contributed by atoms with Crippen LogP contribution in [0, 0.1) is 17.3 Å². The maximum Gasteiger partial charge on any atom is 0.00694 e. The Bertz CT molecular complexity index is 198. The molecule has 1 saturated carbocycles. The van der Waals surface area contributed by atoms with Crippen molar-refractivity contribution in [2.24, 2.45) is 17.3 Å². The average molecular weight is 239 g/mol. The molecule has 0 aromatic rings. The van der Waals surface area contributed by atoms with Gasteiger partial charge in [0.15, 0.2) is 0 Å². The van der Waals surface area contributed by atoms with Crippen LogP contribution in [0.15, 0.2) is 0 Å². The van der Waals surface area contributed by atoms with Crippen LogP contribution < -0.4 is 5.32 Å². The molecule has 1 fully saturated rings. The highest BCUT2D eigenvalue weighted by Crippen LogP contribution is 2.32. The zero-order valence-corrected chi connectivity index (χ0v) is 12.7. The van der Waals surface area contributed by atoms with E-state index in [1.54, 1.807) is 0 Å². The van der Waals surface area contributed by atoms with Gasteiger partial charge in [-0.15, -0.1) is 0 Å². The summed E-state index contributed by atoms with van der Waals surface area (Å²) in [6, 6.07) is 0.729. The number of hydrogen-bond acceptors (Lipinski definition) is 1. The van der Waals surface area contributed by atoms with E-state index >= 15 is 0 Å². The van der Waals surface area contributed by atoms with Crippen molar-refractivity contribution in [3.05, 3.63) is 0 Å². The molecule has 0 spiro atoms. The first kappa shape index (κ1) is 15.0. The minimum Gasteiger partial charge on any atom is -0.317 e. The van der Waals surface area contributed by atoms with Gasteiger partial charge in [0.05, 0.1) is 0 Å². The Morgan fingerprint density at radius 1 is 1.12 bits per heavy atom. The molecule has 1 N–H and O–H groups in total. The SMILES string of the molecule is CNC(CC1CCCCC1)CC(C)C(C)(C)C. The van der Waals surface area contributed by atoms with Gasteiger partial charge in [0.2, 0.25) is 0 Å². The average Bonchev–Trinajstić information content (AvgIpc) is 2.28. The summed E-state index contributed by atoms with van der Waals surface area (Å²) in [4.78, 5) is 0. The van der Waals surface area contributed by atoms with Gasteiger partial charge >= 0.3 is 0 Å². The molecule has 1 heteroatoms. The van der Waals surface area contributed by atoms with Crippen LogP contribution in [0.25, 0.3) is 0 Å². The summed E-state index contributed by atoms with van der Waals surface area (Å²) < 4.78 is 0. The fraction of sp³-hybridized carbons (Fsp3) is 1.00. The van der Waals surface area contributed by atoms with E-state index < -0.39 is 0 Å². The molecule has 2 atom stereocenters. The first-order chi connectivity index (χ1) is 7.93. The Labute approximate surface area is 109 Å². The topological polar surface area (TPSA) is 12.0 Å². The van der Waals surface area contributed by atoms with Crippen molar-refractivity contribution in [2.45, 2.75) is 78.7 Å². The van der Waals surface area contributed by atoms with Gasteiger partial charge in [0, 0.05) is 6.04 Å². The lowest BCUT2D eigenvalue weighted by atomic mass is 9.76. The molecule has 0 aliphatic heterocycles. The Hall–Kier alpha value is -0.0400. The number of rotatable bonds is 5. The third-order valence-corrected chi connectivity index (χ3v) is 4.87. The van der Waals surface area contributed by atoms with E-state index in [2.05, 4.69) is 40.1 Å². The summed E-state index contributed by atoms with van der Waals surface area (Å²) in [6.07, 6.45) is 10.1. The monoisotopic (exact) mass is 239 g/mol. The second kappa shape index (κ2) is 6.78. The predicted molar refractivity (Wildman–Crippen MR) is 77.3 cm³/mol. The molecule has 1 aliphatic rings. The smallest absolute Gasteiger partial charge is 0.00694 e. The van der Waals surface area contributed by atoms with Gasteiger partial charge in [-0.05, 0) is 37.1 Å². The normalized spacial score (nSPS) is 22.4. The first-order valence-electron chi connectivity index (χ1n) is 7.60. The molecule has 0 heterocycles. The van der Waals surface area contributed by atoms with Gasteiger partial charge in [-0.3, -0.25) is 0 Å². The van der Waals surface area contributed by atoms with E-state index in [0.29, 0.717) is 5.41 Å². The van der Waals surface area contributed by atoms with E-state index in [1.165, 1.54) is 44.9 Å². The van der Waals surface area contributed by atoms with E-state index in [-0.39, 0.29) is 0 Å². The molecule has 0 amide bonds. The van der Waals surface area contributed by atoms with Crippen LogP contribution in [0.2, 0.25) is 0 Å².